The fourth-order valence-corrected chi connectivity index (χ4v) is 5.65. The second-order valence-corrected chi connectivity index (χ2v) is 10.5. The molecule has 3 aromatic rings. The average molecular weight is 565 g/mol. The molecule has 9 heteroatoms. The summed E-state index contributed by atoms with van der Waals surface area (Å²) >= 11 is 1.29. The summed E-state index contributed by atoms with van der Waals surface area (Å²) in [7, 11) is 1.59. The van der Waals surface area contributed by atoms with Crippen LogP contribution >= 0.6 is 11.3 Å². The molecule has 0 N–H and O–H groups in total. The Morgan fingerprint density at radius 1 is 1.10 bits per heavy atom. The minimum absolute atomic E-state index is 0.00346. The predicted octanol–water partition coefficient (Wildman–Crippen LogP) is 4.77. The molecule has 1 aromatic heterocycles. The van der Waals surface area contributed by atoms with Crippen LogP contribution in [0.1, 0.15) is 64.6 Å². The molecule has 212 valence electrons. The second-order valence-electron chi connectivity index (χ2n) is 9.50. The number of allylic oxidation sites excluding steroid dienone is 1. The van der Waals surface area contributed by atoms with Gasteiger partial charge in [-0.3, -0.25) is 9.36 Å². The fourth-order valence-electron chi connectivity index (χ4n) is 4.63. The van der Waals surface area contributed by atoms with Crippen molar-refractivity contribution in [3.8, 4) is 17.2 Å². The SMILES string of the molecule is CCCC1=C(C(=O)OCC)[C@@H](c2cccc(OC)c2)n2c(s/c(=C\c3ccc(OC(C)C)c(OCC)c3)c2=O)=N1. The summed E-state index contributed by atoms with van der Waals surface area (Å²) in [5, 5.41) is 0. The number of aromatic nitrogens is 1. The highest BCUT2D eigenvalue weighted by Crippen LogP contribution is 2.34. The van der Waals surface area contributed by atoms with E-state index in [-0.39, 0.29) is 18.3 Å². The summed E-state index contributed by atoms with van der Waals surface area (Å²) in [5.74, 6) is 1.42. The number of hydrogen-bond acceptors (Lipinski definition) is 8. The lowest BCUT2D eigenvalue weighted by atomic mass is 9.94. The normalized spacial score (nSPS) is 15.1. The summed E-state index contributed by atoms with van der Waals surface area (Å²) in [6, 6.07) is 12.3. The van der Waals surface area contributed by atoms with Crippen molar-refractivity contribution >= 4 is 23.4 Å². The van der Waals surface area contributed by atoms with Crippen LogP contribution in [0.25, 0.3) is 6.08 Å². The first-order chi connectivity index (χ1) is 19.3. The molecular formula is C31H36N2O6S. The molecule has 0 fully saturated rings. The molecule has 1 atom stereocenters. The topological polar surface area (TPSA) is 88.4 Å². The predicted molar refractivity (Wildman–Crippen MR) is 156 cm³/mol. The van der Waals surface area contributed by atoms with Gasteiger partial charge in [0.25, 0.3) is 5.56 Å². The van der Waals surface area contributed by atoms with Crippen molar-refractivity contribution in [2.45, 2.75) is 59.6 Å². The zero-order valence-electron chi connectivity index (χ0n) is 23.9. The fraction of sp³-hybridized carbons (Fsp3) is 0.387. The molecule has 0 amide bonds. The Morgan fingerprint density at radius 2 is 1.90 bits per heavy atom. The maximum Gasteiger partial charge on any atom is 0.338 e. The van der Waals surface area contributed by atoms with E-state index >= 15 is 0 Å². The molecule has 0 unspecified atom stereocenters. The number of hydrogen-bond donors (Lipinski definition) is 0. The highest BCUT2D eigenvalue weighted by Gasteiger charge is 2.34. The third kappa shape index (κ3) is 6.14. The van der Waals surface area contributed by atoms with E-state index < -0.39 is 12.0 Å². The summed E-state index contributed by atoms with van der Waals surface area (Å²) in [5.41, 5.74) is 2.31. The van der Waals surface area contributed by atoms with Gasteiger partial charge in [-0.1, -0.05) is 42.9 Å². The molecule has 4 rings (SSSR count). The molecule has 8 nitrogen and oxygen atoms in total. The monoisotopic (exact) mass is 564 g/mol. The van der Waals surface area contributed by atoms with Crippen molar-refractivity contribution in [3.05, 3.63) is 84.5 Å². The number of esters is 1. The second kappa shape index (κ2) is 13.0. The summed E-state index contributed by atoms with van der Waals surface area (Å²) in [4.78, 5) is 32.7. The van der Waals surface area contributed by atoms with Gasteiger partial charge in [-0.15, -0.1) is 0 Å². The smallest absolute Gasteiger partial charge is 0.338 e. The van der Waals surface area contributed by atoms with Gasteiger partial charge in [0.05, 0.1) is 48.3 Å². The number of carbonyl (C=O) groups is 1. The largest absolute Gasteiger partial charge is 0.497 e. The number of rotatable bonds is 11. The van der Waals surface area contributed by atoms with E-state index in [9.17, 15) is 9.59 Å². The number of carbonyl (C=O) groups excluding carboxylic acids is 1. The molecular weight excluding hydrogens is 528 g/mol. The Labute approximate surface area is 238 Å². The van der Waals surface area contributed by atoms with Crippen LogP contribution in [-0.4, -0.2) is 37.0 Å². The van der Waals surface area contributed by atoms with E-state index in [0.29, 0.717) is 50.9 Å². The van der Waals surface area contributed by atoms with E-state index in [0.717, 1.165) is 17.5 Å². The number of methoxy groups -OCH3 is 1. The highest BCUT2D eigenvalue weighted by molar-refractivity contribution is 7.07. The van der Waals surface area contributed by atoms with E-state index in [2.05, 4.69) is 0 Å². The Hall–Kier alpha value is -3.85. The van der Waals surface area contributed by atoms with Gasteiger partial charge < -0.3 is 18.9 Å². The van der Waals surface area contributed by atoms with E-state index in [1.54, 1.807) is 18.6 Å². The zero-order valence-corrected chi connectivity index (χ0v) is 24.7. The van der Waals surface area contributed by atoms with Gasteiger partial charge in [-0.05, 0) is 75.6 Å². The lowest BCUT2D eigenvalue weighted by Gasteiger charge is -2.26. The number of thiazole rings is 1. The van der Waals surface area contributed by atoms with Crippen molar-refractivity contribution in [1.82, 2.24) is 4.57 Å². The van der Waals surface area contributed by atoms with Gasteiger partial charge in [0.1, 0.15) is 5.75 Å². The van der Waals surface area contributed by atoms with Crippen LogP contribution < -0.4 is 29.1 Å². The molecule has 1 aliphatic rings. The molecule has 2 aromatic carbocycles. The molecule has 0 saturated carbocycles. The van der Waals surface area contributed by atoms with Crippen molar-refractivity contribution < 1.29 is 23.7 Å². The maximum atomic E-state index is 14.0. The zero-order chi connectivity index (χ0) is 28.8. The summed E-state index contributed by atoms with van der Waals surface area (Å²) in [6.45, 7) is 10.3. The Morgan fingerprint density at radius 3 is 2.58 bits per heavy atom. The van der Waals surface area contributed by atoms with Crippen molar-refractivity contribution in [2.24, 2.45) is 4.99 Å². The minimum Gasteiger partial charge on any atom is -0.497 e. The Kier molecular flexibility index (Phi) is 9.47. The van der Waals surface area contributed by atoms with Crippen LogP contribution in [0.3, 0.4) is 0 Å². The lowest BCUT2D eigenvalue weighted by Crippen LogP contribution is -2.40. The summed E-state index contributed by atoms with van der Waals surface area (Å²) < 4.78 is 24.7. The van der Waals surface area contributed by atoms with Crippen molar-refractivity contribution in [3.63, 3.8) is 0 Å². The van der Waals surface area contributed by atoms with Crippen molar-refractivity contribution in [2.75, 3.05) is 20.3 Å². The third-order valence-electron chi connectivity index (χ3n) is 6.23. The quantitative estimate of drug-likeness (QED) is 0.312. The molecule has 0 bridgehead atoms. The number of benzene rings is 2. The Bertz CT molecular complexity index is 1580. The van der Waals surface area contributed by atoms with Gasteiger partial charge in [0.15, 0.2) is 16.3 Å². The lowest BCUT2D eigenvalue weighted by molar-refractivity contribution is -0.139. The van der Waals surface area contributed by atoms with Gasteiger partial charge in [-0.2, -0.15) is 0 Å². The third-order valence-corrected chi connectivity index (χ3v) is 7.21. The van der Waals surface area contributed by atoms with Crippen LogP contribution in [0, 0.1) is 0 Å². The van der Waals surface area contributed by atoms with Gasteiger partial charge in [0, 0.05) is 0 Å². The van der Waals surface area contributed by atoms with E-state index in [1.807, 2.05) is 76.2 Å². The highest BCUT2D eigenvalue weighted by atomic mass is 32.1. The van der Waals surface area contributed by atoms with Gasteiger partial charge >= 0.3 is 5.97 Å². The first-order valence-electron chi connectivity index (χ1n) is 13.6. The number of nitrogens with zero attached hydrogens (tertiary/aromatic N) is 2. The molecule has 40 heavy (non-hydrogen) atoms. The molecule has 2 heterocycles. The van der Waals surface area contributed by atoms with Crippen LogP contribution in [0.2, 0.25) is 0 Å². The van der Waals surface area contributed by atoms with Crippen LogP contribution in [0.5, 0.6) is 17.2 Å². The van der Waals surface area contributed by atoms with Crippen LogP contribution in [0.4, 0.5) is 0 Å². The first kappa shape index (κ1) is 29.1. The first-order valence-corrected chi connectivity index (χ1v) is 14.4. The number of fused-ring (bicyclic) bond motifs is 1. The average Bonchev–Trinajstić information content (AvgIpc) is 3.23. The molecule has 1 aliphatic heterocycles. The van der Waals surface area contributed by atoms with E-state index in [1.165, 1.54) is 11.3 Å². The van der Waals surface area contributed by atoms with Crippen molar-refractivity contribution in [1.29, 1.82) is 0 Å². The molecule has 0 aliphatic carbocycles. The standard InChI is InChI=1S/C31H36N2O6S/c1-7-11-23-27(30(35)38-9-3)28(21-12-10-13-22(18-21)36-6)33-29(34)26(40-31(33)32-23)17-20-14-15-24(39-19(4)5)25(16-20)37-8-2/h10,12-19,28H,7-9,11H2,1-6H3/b26-17-/t28-/m1/s1. The molecule has 0 radical (unpaired) electrons. The number of ether oxygens (including phenoxy) is 4. The van der Waals surface area contributed by atoms with E-state index in [4.69, 9.17) is 23.9 Å². The Balaban J connectivity index is 1.93. The molecule has 0 saturated heterocycles. The summed E-state index contributed by atoms with van der Waals surface area (Å²) in [6.07, 6.45) is 3.18. The van der Waals surface area contributed by atoms with Crippen LogP contribution in [-0.2, 0) is 9.53 Å². The minimum atomic E-state index is -0.699. The van der Waals surface area contributed by atoms with Crippen LogP contribution in [0.15, 0.2) is 63.5 Å². The van der Waals surface area contributed by atoms with Gasteiger partial charge in [-0.25, -0.2) is 9.79 Å². The molecule has 0 spiro atoms. The van der Waals surface area contributed by atoms with Gasteiger partial charge in [0.2, 0.25) is 0 Å². The maximum absolute atomic E-state index is 14.0.